The molecule has 0 saturated carbocycles. The topological polar surface area (TPSA) is 69.7 Å². The van der Waals surface area contributed by atoms with Gasteiger partial charge in [-0.1, -0.05) is 31.2 Å². The highest BCUT2D eigenvalue weighted by molar-refractivity contribution is 8.18. The fourth-order valence-electron chi connectivity index (χ4n) is 4.52. The van der Waals surface area contributed by atoms with Crippen molar-refractivity contribution in [1.29, 1.82) is 0 Å². The van der Waals surface area contributed by atoms with E-state index in [9.17, 15) is 14.4 Å². The van der Waals surface area contributed by atoms with Crippen molar-refractivity contribution in [2.45, 2.75) is 45.6 Å². The molecule has 7 heteroatoms. The molecule has 1 unspecified atom stereocenters. The summed E-state index contributed by atoms with van der Waals surface area (Å²) in [6.07, 6.45) is 2.78. The van der Waals surface area contributed by atoms with Crippen LogP contribution in [0, 0.1) is 6.92 Å². The number of nitrogens with zero attached hydrogens (tertiary/aromatic N) is 2. The molecule has 33 heavy (non-hydrogen) atoms. The average Bonchev–Trinajstić information content (AvgIpc) is 3.01. The number of fused-ring (bicyclic) bond motifs is 1. The van der Waals surface area contributed by atoms with Crippen LogP contribution in [-0.2, 0) is 9.59 Å². The lowest BCUT2D eigenvalue weighted by molar-refractivity contribution is -0.127. The van der Waals surface area contributed by atoms with Crippen LogP contribution in [0.15, 0.2) is 47.4 Å². The molecule has 2 aliphatic rings. The Labute approximate surface area is 199 Å². The van der Waals surface area contributed by atoms with E-state index in [0.29, 0.717) is 16.5 Å². The van der Waals surface area contributed by atoms with Crippen molar-refractivity contribution in [2.75, 3.05) is 23.8 Å². The second-order valence-corrected chi connectivity index (χ2v) is 10.4. The van der Waals surface area contributed by atoms with Crippen molar-refractivity contribution in [2.24, 2.45) is 0 Å². The van der Waals surface area contributed by atoms with Gasteiger partial charge in [-0.2, -0.15) is 0 Å². The molecule has 0 bridgehead atoms. The maximum absolute atomic E-state index is 12.9. The summed E-state index contributed by atoms with van der Waals surface area (Å²) in [4.78, 5) is 41.5. The number of carbonyl (C=O) groups is 3. The van der Waals surface area contributed by atoms with Gasteiger partial charge in [0.25, 0.3) is 11.1 Å². The maximum Gasteiger partial charge on any atom is 0.294 e. The number of anilines is 2. The molecule has 2 aromatic rings. The molecule has 0 radical (unpaired) electrons. The van der Waals surface area contributed by atoms with E-state index in [-0.39, 0.29) is 12.1 Å². The highest BCUT2D eigenvalue weighted by Gasteiger charge is 2.37. The fourth-order valence-corrected chi connectivity index (χ4v) is 5.36. The molecular weight excluding hydrogens is 434 g/mol. The number of rotatable bonds is 4. The summed E-state index contributed by atoms with van der Waals surface area (Å²) in [5.74, 6) is -0.449. The third-order valence-electron chi connectivity index (χ3n) is 6.55. The zero-order chi connectivity index (χ0) is 23.9. The van der Waals surface area contributed by atoms with E-state index < -0.39 is 17.1 Å². The lowest BCUT2D eigenvalue weighted by atomic mass is 9.80. The monoisotopic (exact) mass is 463 g/mol. The quantitative estimate of drug-likeness (QED) is 0.616. The molecule has 1 saturated heterocycles. The molecule has 1 atom stereocenters. The van der Waals surface area contributed by atoms with Gasteiger partial charge in [0.2, 0.25) is 5.91 Å². The summed E-state index contributed by atoms with van der Waals surface area (Å²) < 4.78 is 0. The first-order valence-corrected chi connectivity index (χ1v) is 11.9. The first-order valence-electron chi connectivity index (χ1n) is 11.1. The van der Waals surface area contributed by atoms with E-state index in [1.807, 2.05) is 31.2 Å². The third-order valence-corrected chi connectivity index (χ3v) is 7.46. The number of thioether (sulfide) groups is 1. The van der Waals surface area contributed by atoms with Crippen molar-refractivity contribution >= 4 is 46.3 Å². The Morgan fingerprint density at radius 1 is 1.21 bits per heavy atom. The Kier molecular flexibility index (Phi) is 6.10. The molecule has 2 heterocycles. The lowest BCUT2D eigenvalue weighted by Gasteiger charge is -2.45. The summed E-state index contributed by atoms with van der Waals surface area (Å²) in [6.45, 7) is 8.28. The Balaban J connectivity index is 1.51. The average molecular weight is 464 g/mol. The van der Waals surface area contributed by atoms with E-state index in [1.54, 1.807) is 12.1 Å². The van der Waals surface area contributed by atoms with Crippen LogP contribution in [0.5, 0.6) is 0 Å². The largest absolute Gasteiger partial charge is 0.369 e. The molecule has 2 aromatic carbocycles. The smallest absolute Gasteiger partial charge is 0.294 e. The number of nitrogens with one attached hydrogen (secondary N) is 1. The molecule has 0 aliphatic carbocycles. The van der Waals surface area contributed by atoms with Crippen molar-refractivity contribution in [1.82, 2.24) is 4.90 Å². The molecule has 172 valence electrons. The number of hydrogen-bond donors (Lipinski definition) is 1. The molecule has 6 nitrogen and oxygen atoms in total. The standard InChI is InChI=1S/C26H29N3O3S/c1-16-8-6-7-9-20(16)27-23(30)15-29-24(31)22(33-25(29)32)13-18-10-11-21-19(12-18)17(2)14-26(3,4)28(21)5/h6-13,17H,14-15H2,1-5H3,(H,27,30)/b22-13+. The molecule has 0 spiro atoms. The van der Waals surface area contributed by atoms with E-state index in [1.165, 1.54) is 11.3 Å². The number of amides is 3. The van der Waals surface area contributed by atoms with Gasteiger partial charge in [-0.05, 0) is 85.8 Å². The summed E-state index contributed by atoms with van der Waals surface area (Å²) in [5.41, 5.74) is 4.97. The van der Waals surface area contributed by atoms with Crippen LogP contribution in [0.1, 0.15) is 49.8 Å². The number of para-hydroxylation sites is 1. The molecular formula is C26H29N3O3S. The highest BCUT2D eigenvalue weighted by atomic mass is 32.2. The van der Waals surface area contributed by atoms with E-state index in [0.717, 1.165) is 34.2 Å². The van der Waals surface area contributed by atoms with E-state index in [4.69, 9.17) is 0 Å². The van der Waals surface area contributed by atoms with E-state index in [2.05, 4.69) is 50.2 Å². The summed E-state index contributed by atoms with van der Waals surface area (Å²) in [6, 6.07) is 13.5. The molecule has 2 aliphatic heterocycles. The van der Waals surface area contributed by atoms with Crippen molar-refractivity contribution < 1.29 is 14.4 Å². The second kappa shape index (κ2) is 8.71. The van der Waals surface area contributed by atoms with Gasteiger partial charge in [0.05, 0.1) is 4.91 Å². The molecule has 1 N–H and O–H groups in total. The highest BCUT2D eigenvalue weighted by Crippen LogP contribution is 2.43. The normalized spacial score (nSPS) is 20.9. The number of benzene rings is 2. The third kappa shape index (κ3) is 4.55. The zero-order valence-electron chi connectivity index (χ0n) is 19.6. The fraction of sp³-hybridized carbons (Fsp3) is 0.346. The molecule has 1 fully saturated rings. The molecule has 4 rings (SSSR count). The Morgan fingerprint density at radius 2 is 1.94 bits per heavy atom. The first-order chi connectivity index (χ1) is 15.6. The van der Waals surface area contributed by atoms with Gasteiger partial charge in [-0.25, -0.2) is 0 Å². The van der Waals surface area contributed by atoms with Gasteiger partial charge in [-0.15, -0.1) is 0 Å². The minimum atomic E-state index is -0.436. The van der Waals surface area contributed by atoms with Crippen LogP contribution in [-0.4, -0.2) is 41.1 Å². The van der Waals surface area contributed by atoms with E-state index >= 15 is 0 Å². The van der Waals surface area contributed by atoms with Crippen molar-refractivity contribution in [3.63, 3.8) is 0 Å². The summed E-state index contributed by atoms with van der Waals surface area (Å²) >= 11 is 0.875. The number of imide groups is 1. The maximum atomic E-state index is 12.9. The minimum Gasteiger partial charge on any atom is -0.369 e. The Morgan fingerprint density at radius 3 is 2.67 bits per heavy atom. The van der Waals surface area contributed by atoms with Gasteiger partial charge in [0, 0.05) is 24.0 Å². The summed E-state index contributed by atoms with van der Waals surface area (Å²) in [5, 5.41) is 2.34. The molecule has 0 aromatic heterocycles. The second-order valence-electron chi connectivity index (χ2n) is 9.43. The SMILES string of the molecule is Cc1ccccc1NC(=O)CN1C(=O)S/C(=C/c2ccc3c(c2)C(C)CC(C)(C)N3C)C1=O. The first kappa shape index (κ1) is 23.1. The predicted molar refractivity (Wildman–Crippen MR) is 134 cm³/mol. The van der Waals surface area contributed by atoms with Gasteiger partial charge in [0.15, 0.2) is 0 Å². The van der Waals surface area contributed by atoms with Gasteiger partial charge in [0.1, 0.15) is 6.54 Å². The van der Waals surface area contributed by atoms with Crippen molar-refractivity contribution in [3.05, 3.63) is 64.1 Å². The molecule has 3 amide bonds. The Hall–Kier alpha value is -3.06. The lowest BCUT2D eigenvalue weighted by Crippen LogP contribution is -2.45. The van der Waals surface area contributed by atoms with Crippen LogP contribution >= 0.6 is 11.8 Å². The minimum absolute atomic E-state index is 0.0788. The van der Waals surface area contributed by atoms with Crippen molar-refractivity contribution in [3.8, 4) is 0 Å². The Bertz CT molecular complexity index is 1170. The van der Waals surface area contributed by atoms with Gasteiger partial charge < -0.3 is 10.2 Å². The van der Waals surface area contributed by atoms with Gasteiger partial charge in [-0.3, -0.25) is 19.3 Å². The number of carbonyl (C=O) groups excluding carboxylic acids is 3. The van der Waals surface area contributed by atoms with Crippen LogP contribution < -0.4 is 10.2 Å². The van der Waals surface area contributed by atoms with Crippen LogP contribution in [0.3, 0.4) is 0 Å². The number of hydrogen-bond acceptors (Lipinski definition) is 5. The van der Waals surface area contributed by atoms with Crippen LogP contribution in [0.25, 0.3) is 6.08 Å². The number of aryl methyl sites for hydroxylation is 1. The van der Waals surface area contributed by atoms with Crippen LogP contribution in [0.2, 0.25) is 0 Å². The zero-order valence-corrected chi connectivity index (χ0v) is 20.5. The van der Waals surface area contributed by atoms with Crippen LogP contribution in [0.4, 0.5) is 16.2 Å². The van der Waals surface area contributed by atoms with Gasteiger partial charge >= 0.3 is 0 Å². The predicted octanol–water partition coefficient (Wildman–Crippen LogP) is 5.39. The summed E-state index contributed by atoms with van der Waals surface area (Å²) in [7, 11) is 2.11.